The van der Waals surface area contributed by atoms with Gasteiger partial charge in [0.05, 0.1) is 0 Å². The highest BCUT2D eigenvalue weighted by Gasteiger charge is 2.17. The Bertz CT molecular complexity index is 638. The Balaban J connectivity index is 2.12. The fraction of sp³-hybridized carbons (Fsp3) is 0.235. The predicted octanol–water partition coefficient (Wildman–Crippen LogP) is 5.32. The van der Waals surface area contributed by atoms with Crippen LogP contribution in [0.2, 0.25) is 5.02 Å². The van der Waals surface area contributed by atoms with Gasteiger partial charge >= 0.3 is 0 Å². The molecule has 1 unspecified atom stereocenters. The Morgan fingerprint density at radius 1 is 1.24 bits per heavy atom. The van der Waals surface area contributed by atoms with Crippen LogP contribution in [0.1, 0.15) is 29.8 Å². The Morgan fingerprint density at radius 3 is 2.52 bits per heavy atom. The highest BCUT2D eigenvalue weighted by atomic mass is 79.9. The lowest BCUT2D eigenvalue weighted by molar-refractivity contribution is 0.0818. The molecule has 0 aromatic heterocycles. The smallest absolute Gasteiger partial charge is 0.202 e. The lowest BCUT2D eigenvalue weighted by atomic mass is 10.1. The molecule has 0 saturated heterocycles. The number of aryl methyl sites for hydroxylation is 1. The normalized spacial score (nSPS) is 12.0. The zero-order valence-corrected chi connectivity index (χ0v) is 14.2. The molecule has 0 heterocycles. The monoisotopic (exact) mass is 366 g/mol. The number of ketones is 1. The SMILES string of the molecule is CCc1cc(OC(C)C(=O)c2ccc(Br)cc2)ccc1Cl. The zero-order chi connectivity index (χ0) is 15.4. The second-order valence-corrected chi connectivity index (χ2v) is 6.06. The van der Waals surface area contributed by atoms with E-state index in [1.54, 1.807) is 31.2 Å². The van der Waals surface area contributed by atoms with Crippen molar-refractivity contribution in [3.63, 3.8) is 0 Å². The molecule has 0 aliphatic carbocycles. The molecule has 2 nitrogen and oxygen atoms in total. The maximum atomic E-state index is 12.3. The quantitative estimate of drug-likeness (QED) is 0.669. The van der Waals surface area contributed by atoms with Crippen LogP contribution in [-0.4, -0.2) is 11.9 Å². The molecule has 4 heteroatoms. The summed E-state index contributed by atoms with van der Waals surface area (Å²) in [4.78, 5) is 12.3. The highest BCUT2D eigenvalue weighted by molar-refractivity contribution is 9.10. The summed E-state index contributed by atoms with van der Waals surface area (Å²) in [5.74, 6) is 0.615. The summed E-state index contributed by atoms with van der Waals surface area (Å²) in [6, 6.07) is 12.7. The van der Waals surface area contributed by atoms with E-state index in [0.717, 1.165) is 21.5 Å². The molecule has 2 aromatic rings. The van der Waals surface area contributed by atoms with Gasteiger partial charge in [-0.3, -0.25) is 4.79 Å². The van der Waals surface area contributed by atoms with Crippen LogP contribution in [0, 0.1) is 0 Å². The first-order chi connectivity index (χ1) is 10.0. The van der Waals surface area contributed by atoms with Gasteiger partial charge in [-0.15, -0.1) is 0 Å². The Hall–Kier alpha value is -1.32. The molecule has 0 bridgehead atoms. The summed E-state index contributed by atoms with van der Waals surface area (Å²) in [7, 11) is 0. The van der Waals surface area contributed by atoms with Crippen LogP contribution >= 0.6 is 27.5 Å². The van der Waals surface area contributed by atoms with Crippen molar-refractivity contribution in [1.82, 2.24) is 0 Å². The minimum atomic E-state index is -0.544. The summed E-state index contributed by atoms with van der Waals surface area (Å²) in [5, 5.41) is 0.719. The van der Waals surface area contributed by atoms with Crippen LogP contribution in [0.5, 0.6) is 5.75 Å². The van der Waals surface area contributed by atoms with E-state index in [2.05, 4.69) is 15.9 Å². The van der Waals surface area contributed by atoms with Gasteiger partial charge in [-0.1, -0.05) is 46.6 Å². The highest BCUT2D eigenvalue weighted by Crippen LogP contribution is 2.24. The molecule has 2 rings (SSSR count). The van der Waals surface area contributed by atoms with Gasteiger partial charge in [0.1, 0.15) is 5.75 Å². The van der Waals surface area contributed by atoms with Crippen LogP contribution in [0.4, 0.5) is 0 Å². The molecule has 0 N–H and O–H groups in total. The van der Waals surface area contributed by atoms with Gasteiger partial charge in [-0.2, -0.15) is 0 Å². The van der Waals surface area contributed by atoms with Crippen LogP contribution in [0.15, 0.2) is 46.9 Å². The fourth-order valence-electron chi connectivity index (χ4n) is 2.00. The summed E-state index contributed by atoms with van der Waals surface area (Å²) in [6.45, 7) is 3.78. The van der Waals surface area contributed by atoms with Crippen molar-refractivity contribution in [3.8, 4) is 5.75 Å². The average molecular weight is 368 g/mol. The molecule has 0 aliphatic heterocycles. The number of carbonyl (C=O) groups is 1. The molecule has 21 heavy (non-hydrogen) atoms. The van der Waals surface area contributed by atoms with Gasteiger partial charge in [0, 0.05) is 15.1 Å². The van der Waals surface area contributed by atoms with Crippen molar-refractivity contribution < 1.29 is 9.53 Å². The molecule has 2 aromatic carbocycles. The fourth-order valence-corrected chi connectivity index (χ4v) is 2.52. The van der Waals surface area contributed by atoms with Crippen LogP contribution in [0.25, 0.3) is 0 Å². The van der Waals surface area contributed by atoms with Crippen LogP contribution in [0.3, 0.4) is 0 Å². The van der Waals surface area contributed by atoms with Gasteiger partial charge in [0.15, 0.2) is 6.10 Å². The summed E-state index contributed by atoms with van der Waals surface area (Å²) < 4.78 is 6.68. The van der Waals surface area contributed by atoms with E-state index in [1.165, 1.54) is 0 Å². The van der Waals surface area contributed by atoms with Gasteiger partial charge in [0.2, 0.25) is 5.78 Å². The lowest BCUT2D eigenvalue weighted by Gasteiger charge is -2.15. The van der Waals surface area contributed by atoms with Crippen LogP contribution in [-0.2, 0) is 6.42 Å². The number of benzene rings is 2. The number of ether oxygens (including phenoxy) is 1. The third kappa shape index (κ3) is 4.08. The Labute approximate surface area is 138 Å². The maximum Gasteiger partial charge on any atom is 0.202 e. The number of halogens is 2. The Kier molecular flexibility index (Phi) is 5.43. The zero-order valence-electron chi connectivity index (χ0n) is 11.9. The number of Topliss-reactive ketones (excluding diaryl/α,β-unsaturated/α-hetero) is 1. The first kappa shape index (κ1) is 16.1. The molecule has 0 radical (unpaired) electrons. The predicted molar refractivity (Wildman–Crippen MR) is 89.4 cm³/mol. The number of hydrogen-bond donors (Lipinski definition) is 0. The largest absolute Gasteiger partial charge is 0.483 e. The van der Waals surface area contributed by atoms with E-state index < -0.39 is 6.10 Å². The van der Waals surface area contributed by atoms with Gasteiger partial charge in [-0.05, 0) is 49.2 Å². The van der Waals surface area contributed by atoms with Gasteiger partial charge in [0.25, 0.3) is 0 Å². The van der Waals surface area contributed by atoms with Gasteiger partial charge < -0.3 is 4.74 Å². The van der Waals surface area contributed by atoms with Crippen molar-refractivity contribution in [1.29, 1.82) is 0 Å². The van der Waals surface area contributed by atoms with Gasteiger partial charge in [-0.25, -0.2) is 0 Å². The van der Waals surface area contributed by atoms with Crippen molar-refractivity contribution in [2.24, 2.45) is 0 Å². The lowest BCUT2D eigenvalue weighted by Crippen LogP contribution is -2.23. The molecular formula is C17H16BrClO2. The minimum Gasteiger partial charge on any atom is -0.483 e. The molecule has 0 amide bonds. The van der Waals surface area contributed by atoms with E-state index in [4.69, 9.17) is 16.3 Å². The van der Waals surface area contributed by atoms with E-state index in [-0.39, 0.29) is 5.78 Å². The summed E-state index contributed by atoms with van der Waals surface area (Å²) in [5.41, 5.74) is 1.65. The Morgan fingerprint density at radius 2 is 1.90 bits per heavy atom. The molecular weight excluding hydrogens is 352 g/mol. The standard InChI is InChI=1S/C17H16BrClO2/c1-3-12-10-15(8-9-16(12)19)21-11(2)17(20)13-4-6-14(18)7-5-13/h4-11H,3H2,1-2H3. The average Bonchev–Trinajstić information content (AvgIpc) is 2.49. The van der Waals surface area contributed by atoms with E-state index in [1.807, 2.05) is 25.1 Å². The maximum absolute atomic E-state index is 12.3. The number of rotatable bonds is 5. The molecule has 1 atom stereocenters. The molecule has 110 valence electrons. The third-order valence-electron chi connectivity index (χ3n) is 3.21. The summed E-state index contributed by atoms with van der Waals surface area (Å²) >= 11 is 9.43. The first-order valence-corrected chi connectivity index (χ1v) is 7.93. The number of carbonyl (C=O) groups excluding carboxylic acids is 1. The van der Waals surface area contributed by atoms with E-state index in [9.17, 15) is 4.79 Å². The second-order valence-electron chi connectivity index (χ2n) is 4.74. The molecule has 0 spiro atoms. The molecule has 0 aliphatic rings. The molecule has 0 fully saturated rings. The first-order valence-electron chi connectivity index (χ1n) is 6.76. The van der Waals surface area contributed by atoms with E-state index in [0.29, 0.717) is 11.3 Å². The topological polar surface area (TPSA) is 26.3 Å². The van der Waals surface area contributed by atoms with Crippen molar-refractivity contribution in [2.75, 3.05) is 0 Å². The van der Waals surface area contributed by atoms with E-state index >= 15 is 0 Å². The third-order valence-corrected chi connectivity index (χ3v) is 4.11. The van der Waals surface area contributed by atoms with Crippen molar-refractivity contribution in [3.05, 3.63) is 63.1 Å². The minimum absolute atomic E-state index is 0.0458. The van der Waals surface area contributed by atoms with Crippen molar-refractivity contribution >= 4 is 33.3 Å². The van der Waals surface area contributed by atoms with Crippen LogP contribution < -0.4 is 4.74 Å². The molecule has 0 saturated carbocycles. The second kappa shape index (κ2) is 7.10. The summed E-state index contributed by atoms with van der Waals surface area (Å²) in [6.07, 6.45) is 0.280. The number of hydrogen-bond acceptors (Lipinski definition) is 2. The van der Waals surface area contributed by atoms with Crippen molar-refractivity contribution in [2.45, 2.75) is 26.4 Å².